The largest absolute Gasteiger partial charge is 0.480 e. The summed E-state index contributed by atoms with van der Waals surface area (Å²) in [7, 11) is 0. The van der Waals surface area contributed by atoms with Gasteiger partial charge in [-0.3, -0.25) is 19.3 Å². The molecule has 7 nitrogen and oxygen atoms in total. The molecule has 1 aliphatic heterocycles. The van der Waals surface area contributed by atoms with Gasteiger partial charge in [0.1, 0.15) is 5.60 Å². The van der Waals surface area contributed by atoms with Crippen molar-refractivity contribution in [3.63, 3.8) is 0 Å². The Labute approximate surface area is 251 Å². The number of carbonyl (C=O) groups excluding carboxylic acids is 2. The minimum Gasteiger partial charge on any atom is -0.480 e. The molecule has 0 aliphatic carbocycles. The van der Waals surface area contributed by atoms with Crippen LogP contribution in [0.1, 0.15) is 60.7 Å². The molecule has 0 saturated carbocycles. The van der Waals surface area contributed by atoms with Gasteiger partial charge in [0.2, 0.25) is 0 Å². The normalized spacial score (nSPS) is 17.8. The van der Waals surface area contributed by atoms with E-state index in [9.17, 15) is 45.8 Å². The number of amides is 1. The number of ether oxygens (including phenoxy) is 1. The summed E-state index contributed by atoms with van der Waals surface area (Å²) in [6.45, 7) is 4.00. The van der Waals surface area contributed by atoms with Crippen LogP contribution >= 0.6 is 12.4 Å². The second-order valence-corrected chi connectivity index (χ2v) is 11.2. The van der Waals surface area contributed by atoms with Crippen molar-refractivity contribution in [2.45, 2.75) is 70.1 Å². The van der Waals surface area contributed by atoms with Gasteiger partial charge in [-0.25, -0.2) is 0 Å². The number of likely N-dealkylation sites (tertiary alicyclic amines) is 1. The van der Waals surface area contributed by atoms with E-state index >= 15 is 0 Å². The molecule has 238 valence electrons. The Hall–Kier alpha value is -3.32. The number of halogens is 7. The Kier molecular flexibility index (Phi) is 11.7. The van der Waals surface area contributed by atoms with Crippen molar-refractivity contribution >= 4 is 30.3 Å². The highest BCUT2D eigenvalue weighted by Crippen LogP contribution is 2.37. The number of piperidine rings is 1. The zero-order valence-electron chi connectivity index (χ0n) is 23.7. The third kappa shape index (κ3) is 10.4. The standard InChI is InChI=1S/C29H32F6N2O5.ClH/c1-27(2,3)42-25(40)17-36(16-24(38)39)22-9-10-37(23(15-22)11-18-7-5-4-6-8-18)26(41)19-12-20(28(30,31)32)14-21(13-19)29(33,34)35;/h4-8,12-14,22-23H,9-11,15-17H2,1-3H3,(H,38,39);1H. The van der Waals surface area contributed by atoms with Crippen LogP contribution in [-0.4, -0.2) is 70.1 Å². The van der Waals surface area contributed by atoms with Gasteiger partial charge in [-0.15, -0.1) is 12.4 Å². The molecule has 1 fully saturated rings. The maximum atomic E-state index is 13.6. The number of rotatable bonds is 8. The molecule has 3 rings (SSSR count). The molecule has 0 radical (unpaired) electrons. The van der Waals surface area contributed by atoms with Crippen molar-refractivity contribution in [3.8, 4) is 0 Å². The number of alkyl halides is 6. The minimum absolute atomic E-state index is 0. The maximum absolute atomic E-state index is 13.6. The van der Waals surface area contributed by atoms with E-state index in [1.54, 1.807) is 51.1 Å². The third-order valence-corrected chi connectivity index (χ3v) is 6.70. The van der Waals surface area contributed by atoms with Crippen LogP contribution in [0.15, 0.2) is 48.5 Å². The van der Waals surface area contributed by atoms with E-state index in [0.29, 0.717) is 12.1 Å². The summed E-state index contributed by atoms with van der Waals surface area (Å²) in [5.74, 6) is -2.88. The van der Waals surface area contributed by atoms with Crippen LogP contribution in [0.4, 0.5) is 26.3 Å². The molecule has 14 heteroatoms. The van der Waals surface area contributed by atoms with E-state index in [0.717, 1.165) is 5.56 Å². The number of benzene rings is 2. The maximum Gasteiger partial charge on any atom is 0.416 e. The highest BCUT2D eigenvalue weighted by Gasteiger charge is 2.40. The highest BCUT2D eigenvalue weighted by atomic mass is 35.5. The molecule has 1 amide bonds. The molecule has 1 saturated heterocycles. The van der Waals surface area contributed by atoms with Crippen molar-refractivity contribution in [1.29, 1.82) is 0 Å². The lowest BCUT2D eigenvalue weighted by atomic mass is 9.90. The van der Waals surface area contributed by atoms with E-state index in [2.05, 4.69) is 0 Å². The van der Waals surface area contributed by atoms with E-state index < -0.39 is 71.1 Å². The first-order chi connectivity index (χ1) is 19.3. The number of esters is 1. The number of nitrogens with zero attached hydrogens (tertiary/aromatic N) is 2. The molecular formula is C29H33ClF6N2O5. The van der Waals surface area contributed by atoms with E-state index in [-0.39, 0.29) is 50.8 Å². The Morgan fingerprint density at radius 1 is 0.930 bits per heavy atom. The van der Waals surface area contributed by atoms with Gasteiger partial charge in [-0.05, 0) is 63.8 Å². The summed E-state index contributed by atoms with van der Waals surface area (Å²) >= 11 is 0. The molecule has 0 aromatic heterocycles. The molecule has 1 N–H and O–H groups in total. The first-order valence-electron chi connectivity index (χ1n) is 13.2. The number of carboxylic acid groups (broad SMARTS) is 1. The molecule has 1 aliphatic rings. The number of hydrogen-bond donors (Lipinski definition) is 1. The molecular weight excluding hydrogens is 606 g/mol. The Morgan fingerprint density at radius 3 is 1.98 bits per heavy atom. The molecule has 2 aromatic rings. The predicted octanol–water partition coefficient (Wildman–Crippen LogP) is 6.09. The van der Waals surface area contributed by atoms with E-state index in [1.807, 2.05) is 0 Å². The summed E-state index contributed by atoms with van der Waals surface area (Å²) in [6, 6.07) is 8.26. The summed E-state index contributed by atoms with van der Waals surface area (Å²) in [4.78, 5) is 40.4. The SMILES string of the molecule is CC(C)(C)OC(=O)CN(CC(=O)O)C1CCN(C(=O)c2cc(C(F)(F)F)cc(C(F)(F)F)c2)C(Cc2ccccc2)C1.Cl. The predicted molar refractivity (Wildman–Crippen MR) is 147 cm³/mol. The zero-order valence-corrected chi connectivity index (χ0v) is 24.5. The third-order valence-electron chi connectivity index (χ3n) is 6.70. The molecule has 2 unspecified atom stereocenters. The van der Waals surface area contributed by atoms with Crippen LogP contribution in [-0.2, 0) is 33.1 Å². The average molecular weight is 639 g/mol. The van der Waals surface area contributed by atoms with Crippen LogP contribution < -0.4 is 0 Å². The minimum atomic E-state index is -5.12. The summed E-state index contributed by atoms with van der Waals surface area (Å²) in [6.07, 6.45) is -9.81. The lowest BCUT2D eigenvalue weighted by Crippen LogP contribution is -2.54. The van der Waals surface area contributed by atoms with Crippen LogP contribution in [0.2, 0.25) is 0 Å². The van der Waals surface area contributed by atoms with Gasteiger partial charge in [-0.1, -0.05) is 30.3 Å². The Morgan fingerprint density at radius 2 is 1.49 bits per heavy atom. The zero-order chi connectivity index (χ0) is 31.5. The van der Waals surface area contributed by atoms with Gasteiger partial charge in [-0.2, -0.15) is 26.3 Å². The lowest BCUT2D eigenvalue weighted by Gasteiger charge is -2.43. The van der Waals surface area contributed by atoms with Gasteiger partial charge >= 0.3 is 24.3 Å². The molecule has 1 heterocycles. The number of carbonyl (C=O) groups is 3. The number of aliphatic carboxylic acids is 1. The summed E-state index contributed by atoms with van der Waals surface area (Å²) in [5, 5.41) is 9.49. The lowest BCUT2D eigenvalue weighted by molar-refractivity contribution is -0.158. The number of hydrogen-bond acceptors (Lipinski definition) is 5. The van der Waals surface area contributed by atoms with Crippen LogP contribution in [0.5, 0.6) is 0 Å². The van der Waals surface area contributed by atoms with Crippen LogP contribution in [0.3, 0.4) is 0 Å². The summed E-state index contributed by atoms with van der Waals surface area (Å²) < 4.78 is 86.2. The quantitative estimate of drug-likeness (QED) is 0.278. The van der Waals surface area contributed by atoms with Gasteiger partial charge in [0.25, 0.3) is 5.91 Å². The van der Waals surface area contributed by atoms with E-state index in [1.165, 1.54) is 9.80 Å². The summed E-state index contributed by atoms with van der Waals surface area (Å²) in [5.41, 5.74) is -4.03. The van der Waals surface area contributed by atoms with E-state index in [4.69, 9.17) is 4.74 Å². The fraction of sp³-hybridized carbons (Fsp3) is 0.483. The van der Waals surface area contributed by atoms with Gasteiger partial charge in [0.15, 0.2) is 0 Å². The first-order valence-corrected chi connectivity index (χ1v) is 13.2. The fourth-order valence-electron chi connectivity index (χ4n) is 4.98. The van der Waals surface area contributed by atoms with Crippen molar-refractivity contribution in [1.82, 2.24) is 9.80 Å². The molecule has 2 atom stereocenters. The average Bonchev–Trinajstić information content (AvgIpc) is 2.86. The van der Waals surface area contributed by atoms with Crippen LogP contribution in [0, 0.1) is 0 Å². The fourth-order valence-corrected chi connectivity index (χ4v) is 4.98. The first kappa shape index (κ1) is 35.9. The smallest absolute Gasteiger partial charge is 0.416 e. The van der Waals surface area contributed by atoms with Crippen molar-refractivity contribution in [2.24, 2.45) is 0 Å². The molecule has 0 bridgehead atoms. The van der Waals surface area contributed by atoms with Crippen molar-refractivity contribution in [3.05, 3.63) is 70.8 Å². The highest BCUT2D eigenvalue weighted by molar-refractivity contribution is 5.95. The monoisotopic (exact) mass is 638 g/mol. The van der Waals surface area contributed by atoms with Gasteiger partial charge < -0.3 is 14.7 Å². The Balaban J connectivity index is 0.00000645. The Bertz CT molecular complexity index is 1250. The van der Waals surface area contributed by atoms with Crippen molar-refractivity contribution in [2.75, 3.05) is 19.6 Å². The van der Waals surface area contributed by atoms with Gasteiger partial charge in [0.05, 0.1) is 24.2 Å². The topological polar surface area (TPSA) is 87.2 Å². The number of carboxylic acids is 1. The van der Waals surface area contributed by atoms with Crippen LogP contribution in [0.25, 0.3) is 0 Å². The van der Waals surface area contributed by atoms with Gasteiger partial charge in [0, 0.05) is 24.2 Å². The molecule has 0 spiro atoms. The second-order valence-electron chi connectivity index (χ2n) is 11.2. The molecule has 43 heavy (non-hydrogen) atoms. The van der Waals surface area contributed by atoms with Crippen molar-refractivity contribution < 1.29 is 50.6 Å². The second kappa shape index (κ2) is 14.0. The molecule has 2 aromatic carbocycles.